The highest BCUT2D eigenvalue weighted by atomic mass is 19.1. The molecule has 0 aliphatic heterocycles. The Hall–Kier alpha value is -2.43. The van der Waals surface area contributed by atoms with E-state index in [1.54, 1.807) is 24.3 Å². The normalized spacial score (nSPS) is 10.1. The molecular formula is C13H11FN2O2. The third-order valence-corrected chi connectivity index (χ3v) is 2.47. The number of nitrogens with one attached hydrogen (secondary N) is 2. The molecule has 0 aliphatic rings. The first kappa shape index (κ1) is 12.0. The molecule has 0 saturated heterocycles. The number of hydrogen-bond acceptors (Lipinski definition) is 2. The van der Waals surface area contributed by atoms with Crippen molar-refractivity contribution in [2.24, 2.45) is 0 Å². The number of rotatable bonds is 1. The van der Waals surface area contributed by atoms with E-state index >= 15 is 0 Å². The van der Waals surface area contributed by atoms with Gasteiger partial charge in [-0.25, -0.2) is 4.39 Å². The minimum atomic E-state index is -0.485. The predicted molar refractivity (Wildman–Crippen MR) is 65.2 cm³/mol. The van der Waals surface area contributed by atoms with Gasteiger partial charge in [-0.2, -0.15) is 0 Å². The van der Waals surface area contributed by atoms with Crippen LogP contribution in [0.1, 0.15) is 17.3 Å². The highest BCUT2D eigenvalue weighted by Crippen LogP contribution is 2.21. The van der Waals surface area contributed by atoms with E-state index in [-0.39, 0.29) is 11.7 Å². The van der Waals surface area contributed by atoms with E-state index in [2.05, 4.69) is 10.9 Å². The Balaban J connectivity index is 2.42. The van der Waals surface area contributed by atoms with Crippen LogP contribution in [0.15, 0.2) is 36.4 Å². The van der Waals surface area contributed by atoms with Crippen LogP contribution in [0.4, 0.5) is 4.39 Å². The second-order valence-corrected chi connectivity index (χ2v) is 3.78. The zero-order chi connectivity index (χ0) is 13.1. The van der Waals surface area contributed by atoms with Gasteiger partial charge < -0.3 is 0 Å². The summed E-state index contributed by atoms with van der Waals surface area (Å²) in [5, 5.41) is 0.869. The average molecular weight is 246 g/mol. The van der Waals surface area contributed by atoms with Gasteiger partial charge in [-0.1, -0.05) is 24.3 Å². The molecule has 0 radical (unpaired) electrons. The fourth-order valence-electron chi connectivity index (χ4n) is 1.67. The highest BCUT2D eigenvalue weighted by Gasteiger charge is 2.12. The van der Waals surface area contributed by atoms with Crippen LogP contribution in [-0.2, 0) is 4.79 Å². The standard InChI is InChI=1S/C13H11FN2O2/c1-8(17)15-16-13(18)11-6-7-12(14)10-5-3-2-4-9(10)11/h2-7H,1H3,(H,15,17)(H,16,18). The fraction of sp³-hybridized carbons (Fsp3) is 0.0769. The first-order valence-corrected chi connectivity index (χ1v) is 5.34. The molecule has 0 heterocycles. The Kier molecular flexibility index (Phi) is 3.23. The SMILES string of the molecule is CC(=O)NNC(=O)c1ccc(F)c2ccccc12. The smallest absolute Gasteiger partial charge is 0.270 e. The molecule has 4 nitrogen and oxygen atoms in total. The second kappa shape index (κ2) is 4.83. The summed E-state index contributed by atoms with van der Waals surface area (Å²) >= 11 is 0. The van der Waals surface area contributed by atoms with E-state index in [9.17, 15) is 14.0 Å². The number of hydrogen-bond donors (Lipinski definition) is 2. The summed E-state index contributed by atoms with van der Waals surface area (Å²) in [5.74, 6) is -1.25. The lowest BCUT2D eigenvalue weighted by Gasteiger charge is -2.08. The first-order chi connectivity index (χ1) is 8.59. The fourth-order valence-corrected chi connectivity index (χ4v) is 1.67. The summed E-state index contributed by atoms with van der Waals surface area (Å²) in [6, 6.07) is 9.28. The quantitative estimate of drug-likeness (QED) is 0.753. The van der Waals surface area contributed by atoms with Crippen molar-refractivity contribution in [3.8, 4) is 0 Å². The maximum Gasteiger partial charge on any atom is 0.270 e. The predicted octanol–water partition coefficient (Wildman–Crippen LogP) is 1.76. The van der Waals surface area contributed by atoms with Crippen LogP contribution in [0.2, 0.25) is 0 Å². The van der Waals surface area contributed by atoms with Crippen LogP contribution >= 0.6 is 0 Å². The van der Waals surface area contributed by atoms with Crippen molar-refractivity contribution >= 4 is 22.6 Å². The maximum absolute atomic E-state index is 13.5. The van der Waals surface area contributed by atoms with Crippen molar-refractivity contribution in [1.82, 2.24) is 10.9 Å². The minimum Gasteiger partial charge on any atom is -0.274 e. The van der Waals surface area contributed by atoms with Crippen LogP contribution in [0.5, 0.6) is 0 Å². The van der Waals surface area contributed by atoms with Crippen LogP contribution in [0.25, 0.3) is 10.8 Å². The van der Waals surface area contributed by atoms with Crippen molar-refractivity contribution < 1.29 is 14.0 Å². The Bertz CT molecular complexity index is 625. The van der Waals surface area contributed by atoms with E-state index in [1.807, 2.05) is 0 Å². The Labute approximate surface area is 103 Å². The monoisotopic (exact) mass is 246 g/mol. The number of carbonyl (C=O) groups excluding carboxylic acids is 2. The number of halogens is 1. The molecule has 2 aromatic rings. The van der Waals surface area contributed by atoms with Gasteiger partial charge in [0.25, 0.3) is 5.91 Å². The third kappa shape index (κ3) is 2.29. The Morgan fingerprint density at radius 2 is 1.67 bits per heavy atom. The molecule has 2 aromatic carbocycles. The van der Waals surface area contributed by atoms with Crippen LogP contribution < -0.4 is 10.9 Å². The average Bonchev–Trinajstić information content (AvgIpc) is 2.37. The van der Waals surface area contributed by atoms with E-state index in [1.165, 1.54) is 19.1 Å². The molecule has 18 heavy (non-hydrogen) atoms. The molecule has 0 atom stereocenters. The molecule has 2 rings (SSSR count). The lowest BCUT2D eigenvalue weighted by molar-refractivity contribution is -0.119. The van der Waals surface area contributed by atoms with Crippen molar-refractivity contribution in [2.45, 2.75) is 6.92 Å². The maximum atomic E-state index is 13.5. The van der Waals surface area contributed by atoms with Crippen molar-refractivity contribution in [1.29, 1.82) is 0 Å². The van der Waals surface area contributed by atoms with Gasteiger partial charge in [0, 0.05) is 17.9 Å². The van der Waals surface area contributed by atoms with Crippen LogP contribution in [0.3, 0.4) is 0 Å². The number of fused-ring (bicyclic) bond motifs is 1. The molecule has 0 aliphatic carbocycles. The zero-order valence-corrected chi connectivity index (χ0v) is 9.66. The van der Waals surface area contributed by atoms with Crippen molar-refractivity contribution in [3.63, 3.8) is 0 Å². The molecule has 2 N–H and O–H groups in total. The second-order valence-electron chi connectivity index (χ2n) is 3.78. The van der Waals surface area contributed by atoms with Gasteiger partial charge in [0.1, 0.15) is 5.82 Å². The molecule has 0 saturated carbocycles. The number of amides is 2. The Morgan fingerprint density at radius 3 is 2.33 bits per heavy atom. The summed E-state index contributed by atoms with van der Waals surface area (Å²) in [6.07, 6.45) is 0. The van der Waals surface area contributed by atoms with E-state index in [4.69, 9.17) is 0 Å². The number of benzene rings is 2. The lowest BCUT2D eigenvalue weighted by Crippen LogP contribution is -2.40. The molecule has 5 heteroatoms. The summed E-state index contributed by atoms with van der Waals surface area (Å²) < 4.78 is 13.5. The zero-order valence-electron chi connectivity index (χ0n) is 9.66. The molecule has 0 unspecified atom stereocenters. The van der Waals surface area contributed by atoms with Gasteiger partial charge in [0.15, 0.2) is 0 Å². The molecule has 92 valence electrons. The molecule has 0 bridgehead atoms. The Morgan fingerprint density at radius 1 is 1.00 bits per heavy atom. The first-order valence-electron chi connectivity index (χ1n) is 5.34. The van der Waals surface area contributed by atoms with Gasteiger partial charge in [-0.05, 0) is 17.5 Å². The summed E-state index contributed by atoms with van der Waals surface area (Å²) in [7, 11) is 0. The van der Waals surface area contributed by atoms with Gasteiger partial charge in [-0.15, -0.1) is 0 Å². The number of carbonyl (C=O) groups is 2. The largest absolute Gasteiger partial charge is 0.274 e. The molecular weight excluding hydrogens is 235 g/mol. The van der Waals surface area contributed by atoms with Gasteiger partial charge in [0.05, 0.1) is 0 Å². The van der Waals surface area contributed by atoms with Crippen LogP contribution in [0, 0.1) is 5.82 Å². The van der Waals surface area contributed by atoms with Gasteiger partial charge in [0.2, 0.25) is 5.91 Å². The molecule has 2 amide bonds. The summed E-state index contributed by atoms with van der Waals surface area (Å²) in [4.78, 5) is 22.5. The van der Waals surface area contributed by atoms with Crippen LogP contribution in [-0.4, -0.2) is 11.8 Å². The van der Waals surface area contributed by atoms with Crippen molar-refractivity contribution in [3.05, 3.63) is 47.8 Å². The molecule has 0 spiro atoms. The van der Waals surface area contributed by atoms with Gasteiger partial charge >= 0.3 is 0 Å². The van der Waals surface area contributed by atoms with E-state index in [0.29, 0.717) is 16.3 Å². The summed E-state index contributed by atoms with van der Waals surface area (Å²) in [5.41, 5.74) is 4.75. The number of hydrazine groups is 1. The molecule has 0 aromatic heterocycles. The topological polar surface area (TPSA) is 58.2 Å². The van der Waals surface area contributed by atoms with Gasteiger partial charge in [-0.3, -0.25) is 20.4 Å². The lowest BCUT2D eigenvalue weighted by atomic mass is 10.0. The van der Waals surface area contributed by atoms with E-state index in [0.717, 1.165) is 0 Å². The van der Waals surface area contributed by atoms with E-state index < -0.39 is 5.91 Å². The third-order valence-electron chi connectivity index (χ3n) is 2.47. The van der Waals surface area contributed by atoms with Crippen molar-refractivity contribution in [2.75, 3.05) is 0 Å². The highest BCUT2D eigenvalue weighted by molar-refractivity contribution is 6.07. The summed E-state index contributed by atoms with van der Waals surface area (Å²) in [6.45, 7) is 1.28. The molecule has 0 fully saturated rings. The minimum absolute atomic E-state index is 0.306.